The van der Waals surface area contributed by atoms with Crippen LogP contribution in [0.5, 0.6) is 0 Å². The zero-order valence-electron chi connectivity index (χ0n) is 15.4. The molecule has 5 nitrogen and oxygen atoms in total. The molecule has 144 valence electrons. The first-order valence-corrected chi connectivity index (χ1v) is 9.89. The van der Waals surface area contributed by atoms with Crippen LogP contribution in [0.2, 0.25) is 5.02 Å². The zero-order valence-corrected chi connectivity index (χ0v) is 16.2. The molecule has 1 fully saturated rings. The molecule has 4 rings (SSSR count). The van der Waals surface area contributed by atoms with Crippen LogP contribution < -0.4 is 5.32 Å². The Balaban J connectivity index is 1.72. The molecule has 0 saturated carbocycles. The van der Waals surface area contributed by atoms with E-state index in [1.807, 2.05) is 23.1 Å². The smallest absolute Gasteiger partial charge is 0.291 e. The number of carbonyl (C=O) groups is 2. The van der Waals surface area contributed by atoms with Crippen molar-refractivity contribution >= 4 is 40.1 Å². The lowest BCUT2D eigenvalue weighted by Crippen LogP contribution is -2.32. The van der Waals surface area contributed by atoms with Crippen molar-refractivity contribution in [3.05, 3.63) is 64.9 Å². The minimum Gasteiger partial charge on any atom is -0.449 e. The van der Waals surface area contributed by atoms with Crippen LogP contribution in [0, 0.1) is 0 Å². The molecule has 3 aromatic rings. The van der Waals surface area contributed by atoms with Crippen molar-refractivity contribution in [3.63, 3.8) is 0 Å². The van der Waals surface area contributed by atoms with Crippen molar-refractivity contribution in [1.82, 2.24) is 4.90 Å². The monoisotopic (exact) mass is 396 g/mol. The Bertz CT molecular complexity index is 1020. The van der Waals surface area contributed by atoms with E-state index in [0.29, 0.717) is 40.3 Å². The quantitative estimate of drug-likeness (QED) is 0.648. The summed E-state index contributed by atoms with van der Waals surface area (Å²) in [4.78, 5) is 27.8. The summed E-state index contributed by atoms with van der Waals surface area (Å²) >= 11 is 6.16. The van der Waals surface area contributed by atoms with E-state index in [9.17, 15) is 9.59 Å². The van der Waals surface area contributed by atoms with Gasteiger partial charge in [-0.05, 0) is 37.1 Å². The standard InChI is InChI=1S/C22H21ClN2O3/c23-17-11-5-3-9-15(17)21(26)24-19-16-10-4-6-12-18(16)28-20(19)22(27)25-13-7-1-2-8-14-25/h3-6,9-12H,1-2,7-8,13-14H2,(H,24,26). The Hall–Kier alpha value is -2.79. The van der Waals surface area contributed by atoms with Gasteiger partial charge in [0, 0.05) is 18.5 Å². The highest BCUT2D eigenvalue weighted by atomic mass is 35.5. The van der Waals surface area contributed by atoms with E-state index in [2.05, 4.69) is 5.32 Å². The Morgan fingerprint density at radius 1 is 0.929 bits per heavy atom. The number of rotatable bonds is 3. The lowest BCUT2D eigenvalue weighted by molar-refractivity contribution is 0.0733. The summed E-state index contributed by atoms with van der Waals surface area (Å²) in [5.41, 5.74) is 1.31. The molecule has 0 bridgehead atoms. The van der Waals surface area contributed by atoms with Crippen LogP contribution in [0.3, 0.4) is 0 Å². The maximum absolute atomic E-state index is 13.2. The summed E-state index contributed by atoms with van der Waals surface area (Å²) < 4.78 is 5.88. The van der Waals surface area contributed by atoms with E-state index in [1.165, 1.54) is 0 Å². The summed E-state index contributed by atoms with van der Waals surface area (Å²) in [7, 11) is 0. The predicted molar refractivity (Wildman–Crippen MR) is 110 cm³/mol. The van der Waals surface area contributed by atoms with Gasteiger partial charge in [0.25, 0.3) is 11.8 Å². The van der Waals surface area contributed by atoms with E-state index in [-0.39, 0.29) is 17.6 Å². The predicted octanol–water partition coefficient (Wildman–Crippen LogP) is 5.35. The molecule has 1 saturated heterocycles. The number of amides is 2. The second-order valence-electron chi connectivity index (χ2n) is 6.94. The first kappa shape index (κ1) is 18.6. The molecular weight excluding hydrogens is 376 g/mol. The second-order valence-corrected chi connectivity index (χ2v) is 7.35. The van der Waals surface area contributed by atoms with Gasteiger partial charge in [0.1, 0.15) is 11.3 Å². The normalized spacial score (nSPS) is 14.7. The minimum atomic E-state index is -0.373. The number of fused-ring (bicyclic) bond motifs is 1. The number of hydrogen-bond acceptors (Lipinski definition) is 3. The van der Waals surface area contributed by atoms with Crippen LogP contribution in [-0.4, -0.2) is 29.8 Å². The van der Waals surface area contributed by atoms with Crippen molar-refractivity contribution in [2.45, 2.75) is 25.7 Å². The number of carbonyl (C=O) groups excluding carboxylic acids is 2. The number of halogens is 1. The van der Waals surface area contributed by atoms with E-state index in [0.717, 1.165) is 25.7 Å². The van der Waals surface area contributed by atoms with Crippen LogP contribution in [0.25, 0.3) is 11.0 Å². The van der Waals surface area contributed by atoms with Gasteiger partial charge >= 0.3 is 0 Å². The molecular formula is C22H21ClN2O3. The number of likely N-dealkylation sites (tertiary alicyclic amines) is 1. The van der Waals surface area contributed by atoms with Gasteiger partial charge in [-0.15, -0.1) is 0 Å². The van der Waals surface area contributed by atoms with Gasteiger partial charge in [0.05, 0.1) is 10.6 Å². The van der Waals surface area contributed by atoms with Crippen LogP contribution in [-0.2, 0) is 0 Å². The summed E-state index contributed by atoms with van der Waals surface area (Å²) in [5.74, 6) is -0.391. The fourth-order valence-corrected chi connectivity index (χ4v) is 3.79. The molecule has 2 aromatic carbocycles. The summed E-state index contributed by atoms with van der Waals surface area (Å²) in [6, 6.07) is 14.1. The molecule has 2 heterocycles. The molecule has 0 radical (unpaired) electrons. The number of para-hydroxylation sites is 1. The highest BCUT2D eigenvalue weighted by molar-refractivity contribution is 6.34. The number of furan rings is 1. The van der Waals surface area contributed by atoms with E-state index in [4.69, 9.17) is 16.0 Å². The Morgan fingerprint density at radius 3 is 2.36 bits per heavy atom. The van der Waals surface area contributed by atoms with E-state index >= 15 is 0 Å². The lowest BCUT2D eigenvalue weighted by Gasteiger charge is -2.19. The van der Waals surface area contributed by atoms with Crippen molar-refractivity contribution in [2.24, 2.45) is 0 Å². The molecule has 2 amide bonds. The molecule has 0 spiro atoms. The molecule has 1 N–H and O–H groups in total. The Morgan fingerprint density at radius 2 is 1.61 bits per heavy atom. The molecule has 0 aliphatic carbocycles. The number of nitrogens with one attached hydrogen (secondary N) is 1. The lowest BCUT2D eigenvalue weighted by atomic mass is 10.1. The van der Waals surface area contributed by atoms with Crippen LogP contribution in [0.15, 0.2) is 52.9 Å². The second kappa shape index (κ2) is 8.07. The highest BCUT2D eigenvalue weighted by Crippen LogP contribution is 2.33. The van der Waals surface area contributed by atoms with Crippen LogP contribution in [0.4, 0.5) is 5.69 Å². The molecule has 28 heavy (non-hydrogen) atoms. The molecule has 1 aliphatic rings. The van der Waals surface area contributed by atoms with Crippen LogP contribution in [0.1, 0.15) is 46.6 Å². The van der Waals surface area contributed by atoms with E-state index in [1.54, 1.807) is 30.3 Å². The van der Waals surface area contributed by atoms with Crippen molar-refractivity contribution < 1.29 is 14.0 Å². The fraction of sp³-hybridized carbons (Fsp3) is 0.273. The van der Waals surface area contributed by atoms with Gasteiger partial charge in [0.15, 0.2) is 0 Å². The average molecular weight is 397 g/mol. The highest BCUT2D eigenvalue weighted by Gasteiger charge is 2.27. The Labute approximate surface area is 168 Å². The van der Waals surface area contributed by atoms with Gasteiger partial charge in [-0.3, -0.25) is 9.59 Å². The largest absolute Gasteiger partial charge is 0.449 e. The summed E-state index contributed by atoms with van der Waals surface area (Å²) in [5, 5.41) is 3.91. The van der Waals surface area contributed by atoms with Crippen molar-refractivity contribution in [3.8, 4) is 0 Å². The van der Waals surface area contributed by atoms with Gasteiger partial charge in [-0.25, -0.2) is 0 Å². The molecule has 1 aromatic heterocycles. The van der Waals surface area contributed by atoms with Gasteiger partial charge in [0.2, 0.25) is 5.76 Å². The van der Waals surface area contributed by atoms with Crippen molar-refractivity contribution in [1.29, 1.82) is 0 Å². The zero-order chi connectivity index (χ0) is 19.5. The molecule has 0 unspecified atom stereocenters. The van der Waals surface area contributed by atoms with Crippen molar-refractivity contribution in [2.75, 3.05) is 18.4 Å². The summed E-state index contributed by atoms with van der Waals surface area (Å²) in [6.45, 7) is 1.40. The molecule has 1 aliphatic heterocycles. The minimum absolute atomic E-state index is 0.170. The van der Waals surface area contributed by atoms with Gasteiger partial charge < -0.3 is 14.6 Å². The molecule has 6 heteroatoms. The number of nitrogens with zero attached hydrogens (tertiary/aromatic N) is 1. The van der Waals surface area contributed by atoms with E-state index < -0.39 is 0 Å². The SMILES string of the molecule is O=C(Nc1c(C(=O)N2CCCCCC2)oc2ccccc12)c1ccccc1Cl. The fourth-order valence-electron chi connectivity index (χ4n) is 3.56. The maximum Gasteiger partial charge on any atom is 0.291 e. The molecule has 0 atom stereocenters. The third-order valence-corrected chi connectivity index (χ3v) is 5.37. The third-order valence-electron chi connectivity index (χ3n) is 5.04. The topological polar surface area (TPSA) is 62.6 Å². The number of hydrogen-bond donors (Lipinski definition) is 1. The first-order valence-electron chi connectivity index (χ1n) is 9.52. The summed E-state index contributed by atoms with van der Waals surface area (Å²) in [6.07, 6.45) is 4.21. The van der Waals surface area contributed by atoms with Gasteiger partial charge in [-0.2, -0.15) is 0 Å². The van der Waals surface area contributed by atoms with Gasteiger partial charge in [-0.1, -0.05) is 48.7 Å². The number of anilines is 1. The maximum atomic E-state index is 13.2. The first-order chi connectivity index (χ1) is 13.6. The average Bonchev–Trinajstić information content (AvgIpc) is 2.88. The Kier molecular flexibility index (Phi) is 5.35. The third kappa shape index (κ3) is 3.62. The van der Waals surface area contributed by atoms with Crippen LogP contribution >= 0.6 is 11.6 Å². The number of benzene rings is 2.